The van der Waals surface area contributed by atoms with Crippen molar-refractivity contribution in [2.24, 2.45) is 0 Å². The Morgan fingerprint density at radius 1 is 1.08 bits per heavy atom. The first kappa shape index (κ1) is 16.4. The van der Waals surface area contributed by atoms with E-state index in [-0.39, 0.29) is 5.91 Å². The van der Waals surface area contributed by atoms with Crippen LogP contribution in [0, 0.1) is 6.92 Å². The average Bonchev–Trinajstić information content (AvgIpc) is 3.06. The Morgan fingerprint density at radius 2 is 1.83 bits per heavy atom. The summed E-state index contributed by atoms with van der Waals surface area (Å²) in [5.74, 6) is 0.0241. The van der Waals surface area contributed by atoms with E-state index in [1.54, 1.807) is 0 Å². The molecule has 0 bridgehead atoms. The quantitative estimate of drug-likeness (QED) is 0.682. The minimum atomic E-state index is 0.0241. The second-order valence-electron chi connectivity index (χ2n) is 5.79. The summed E-state index contributed by atoms with van der Waals surface area (Å²) in [6, 6.07) is 18.4. The van der Waals surface area contributed by atoms with Crippen LogP contribution in [0.2, 0.25) is 0 Å². The van der Waals surface area contributed by atoms with Crippen molar-refractivity contribution in [3.63, 3.8) is 0 Å². The molecule has 3 rings (SSSR count). The molecule has 0 aliphatic heterocycles. The van der Waals surface area contributed by atoms with Crippen LogP contribution >= 0.6 is 11.3 Å². The van der Waals surface area contributed by atoms with Gasteiger partial charge in [0.2, 0.25) is 5.91 Å². The molecule has 3 aromatic rings. The van der Waals surface area contributed by atoms with E-state index in [9.17, 15) is 4.79 Å². The number of hydrogen-bond acceptors (Lipinski definition) is 3. The van der Waals surface area contributed by atoms with Crippen LogP contribution in [0.4, 0.5) is 5.13 Å². The van der Waals surface area contributed by atoms with Gasteiger partial charge in [0.15, 0.2) is 5.13 Å². The zero-order valence-corrected chi connectivity index (χ0v) is 14.5. The molecule has 1 heterocycles. The van der Waals surface area contributed by atoms with Crippen LogP contribution < -0.4 is 5.32 Å². The highest BCUT2D eigenvalue weighted by atomic mass is 32.1. The molecular weight excluding hydrogens is 316 g/mol. The Morgan fingerprint density at radius 3 is 2.58 bits per heavy atom. The highest BCUT2D eigenvalue weighted by molar-refractivity contribution is 7.14. The maximum absolute atomic E-state index is 12.1. The lowest BCUT2D eigenvalue weighted by molar-refractivity contribution is -0.116. The summed E-state index contributed by atoms with van der Waals surface area (Å²) in [6.07, 6.45) is 2.26. The Balaban J connectivity index is 1.48. The number of aryl methyl sites for hydroxylation is 2. The molecule has 1 aromatic heterocycles. The molecule has 0 unspecified atom stereocenters. The van der Waals surface area contributed by atoms with Crippen LogP contribution in [0.3, 0.4) is 0 Å². The van der Waals surface area contributed by atoms with E-state index in [2.05, 4.69) is 41.5 Å². The number of thiazole rings is 1. The molecule has 0 fully saturated rings. The number of aromatic nitrogens is 1. The van der Waals surface area contributed by atoms with Gasteiger partial charge in [-0.3, -0.25) is 4.79 Å². The van der Waals surface area contributed by atoms with Crippen LogP contribution in [0.5, 0.6) is 0 Å². The lowest BCUT2D eigenvalue weighted by atomic mass is 10.1. The Labute approximate surface area is 146 Å². The Bertz CT molecular complexity index is 794. The van der Waals surface area contributed by atoms with Crippen molar-refractivity contribution in [2.45, 2.75) is 26.2 Å². The van der Waals surface area contributed by atoms with Gasteiger partial charge in [0, 0.05) is 17.4 Å². The second-order valence-corrected chi connectivity index (χ2v) is 6.65. The summed E-state index contributed by atoms with van der Waals surface area (Å²) < 4.78 is 0. The number of nitrogens with one attached hydrogen (secondary N) is 1. The average molecular weight is 336 g/mol. The fraction of sp³-hybridized carbons (Fsp3) is 0.200. The fourth-order valence-corrected chi connectivity index (χ4v) is 3.20. The number of rotatable bonds is 6. The number of amides is 1. The highest BCUT2D eigenvalue weighted by Crippen LogP contribution is 2.24. The van der Waals surface area contributed by atoms with E-state index < -0.39 is 0 Å². The third kappa shape index (κ3) is 4.52. The SMILES string of the molecule is Cc1ccc(CCCC(=O)Nc2nc(-c3ccccc3)cs2)cc1. The van der Waals surface area contributed by atoms with Crippen molar-refractivity contribution in [1.82, 2.24) is 4.98 Å². The second kappa shape index (κ2) is 7.88. The maximum Gasteiger partial charge on any atom is 0.226 e. The molecule has 2 aromatic carbocycles. The van der Waals surface area contributed by atoms with E-state index in [0.29, 0.717) is 11.6 Å². The normalized spacial score (nSPS) is 10.5. The molecule has 0 atom stereocenters. The van der Waals surface area contributed by atoms with Gasteiger partial charge in [-0.1, -0.05) is 60.2 Å². The fourth-order valence-electron chi connectivity index (χ4n) is 2.46. The first-order chi connectivity index (χ1) is 11.7. The minimum Gasteiger partial charge on any atom is -0.302 e. The van der Waals surface area contributed by atoms with E-state index in [1.807, 2.05) is 35.7 Å². The summed E-state index contributed by atoms with van der Waals surface area (Å²) in [5.41, 5.74) is 4.49. The number of hydrogen-bond donors (Lipinski definition) is 1. The van der Waals surface area contributed by atoms with Gasteiger partial charge in [-0.2, -0.15) is 0 Å². The molecule has 0 spiro atoms. The number of carbonyl (C=O) groups is 1. The topological polar surface area (TPSA) is 42.0 Å². The van der Waals surface area contributed by atoms with Crippen LogP contribution in [0.15, 0.2) is 60.0 Å². The molecule has 122 valence electrons. The van der Waals surface area contributed by atoms with Gasteiger partial charge in [-0.15, -0.1) is 11.3 Å². The van der Waals surface area contributed by atoms with Gasteiger partial charge in [-0.25, -0.2) is 4.98 Å². The van der Waals surface area contributed by atoms with Gasteiger partial charge in [0.25, 0.3) is 0 Å². The van der Waals surface area contributed by atoms with E-state index in [0.717, 1.165) is 24.1 Å². The third-order valence-electron chi connectivity index (χ3n) is 3.81. The summed E-state index contributed by atoms with van der Waals surface area (Å²) in [5, 5.41) is 5.53. The van der Waals surface area contributed by atoms with Gasteiger partial charge < -0.3 is 5.32 Å². The number of carbonyl (C=O) groups excluding carboxylic acids is 1. The number of anilines is 1. The minimum absolute atomic E-state index is 0.0241. The maximum atomic E-state index is 12.1. The zero-order chi connectivity index (χ0) is 16.8. The summed E-state index contributed by atoms with van der Waals surface area (Å²) in [6.45, 7) is 2.08. The van der Waals surface area contributed by atoms with Crippen LogP contribution in [-0.2, 0) is 11.2 Å². The molecule has 24 heavy (non-hydrogen) atoms. The van der Waals surface area contributed by atoms with E-state index >= 15 is 0 Å². The third-order valence-corrected chi connectivity index (χ3v) is 4.57. The lowest BCUT2D eigenvalue weighted by Crippen LogP contribution is -2.11. The van der Waals surface area contributed by atoms with Crippen LogP contribution in [0.1, 0.15) is 24.0 Å². The van der Waals surface area contributed by atoms with Gasteiger partial charge >= 0.3 is 0 Å². The molecule has 1 amide bonds. The smallest absolute Gasteiger partial charge is 0.226 e. The van der Waals surface area contributed by atoms with E-state index in [1.165, 1.54) is 22.5 Å². The molecule has 0 aliphatic carbocycles. The molecule has 0 saturated carbocycles. The van der Waals surface area contributed by atoms with E-state index in [4.69, 9.17) is 0 Å². The zero-order valence-electron chi connectivity index (χ0n) is 13.7. The number of benzene rings is 2. The molecule has 0 radical (unpaired) electrons. The van der Waals surface area contributed by atoms with Crippen molar-refractivity contribution in [1.29, 1.82) is 0 Å². The van der Waals surface area contributed by atoms with Crippen molar-refractivity contribution in [3.05, 3.63) is 71.1 Å². The van der Waals surface area contributed by atoms with Crippen molar-refractivity contribution in [3.8, 4) is 11.3 Å². The van der Waals surface area contributed by atoms with Crippen LogP contribution in [-0.4, -0.2) is 10.9 Å². The summed E-state index contributed by atoms with van der Waals surface area (Å²) in [7, 11) is 0. The Hall–Kier alpha value is -2.46. The lowest BCUT2D eigenvalue weighted by Gasteiger charge is -2.03. The molecule has 3 nitrogen and oxygen atoms in total. The molecular formula is C20H20N2OS. The summed E-state index contributed by atoms with van der Waals surface area (Å²) >= 11 is 1.46. The number of nitrogens with zero attached hydrogens (tertiary/aromatic N) is 1. The molecule has 4 heteroatoms. The van der Waals surface area contributed by atoms with Gasteiger partial charge in [-0.05, 0) is 25.3 Å². The largest absolute Gasteiger partial charge is 0.302 e. The van der Waals surface area contributed by atoms with Gasteiger partial charge in [0.05, 0.1) is 5.69 Å². The highest BCUT2D eigenvalue weighted by Gasteiger charge is 2.08. The molecule has 0 saturated heterocycles. The Kier molecular flexibility index (Phi) is 5.39. The van der Waals surface area contributed by atoms with Crippen LogP contribution in [0.25, 0.3) is 11.3 Å². The van der Waals surface area contributed by atoms with Gasteiger partial charge in [0.1, 0.15) is 0 Å². The predicted octanol–water partition coefficient (Wildman–Crippen LogP) is 5.08. The predicted molar refractivity (Wildman–Crippen MR) is 100 cm³/mol. The molecule has 1 N–H and O–H groups in total. The van der Waals surface area contributed by atoms with Crippen molar-refractivity contribution in [2.75, 3.05) is 5.32 Å². The van der Waals surface area contributed by atoms with Crippen molar-refractivity contribution < 1.29 is 4.79 Å². The summed E-state index contributed by atoms with van der Waals surface area (Å²) in [4.78, 5) is 16.5. The first-order valence-corrected chi connectivity index (χ1v) is 8.95. The standard InChI is InChI=1S/C20H20N2OS/c1-15-10-12-16(13-11-15)6-5-9-19(23)22-20-21-18(14-24-20)17-7-3-2-4-8-17/h2-4,7-8,10-14H,5-6,9H2,1H3,(H,21,22,23). The molecule has 0 aliphatic rings. The first-order valence-electron chi connectivity index (χ1n) is 8.07. The van der Waals surface area contributed by atoms with Crippen molar-refractivity contribution >= 4 is 22.4 Å². The monoisotopic (exact) mass is 336 g/mol.